The molecule has 0 aromatic rings. The smallest absolute Gasteiger partial charge is 0.250 e. The standard InChI is InChI=1S/C26H40F2O3/c1-15-17-4-5-18-19-12-20(30)21(23(3)7-6-16(13-29)31-23)22(19,2)8-9-25(18)14-24(17,25)10-11-26(15,27)28/h15-21,29-30H,4-14H2,1-3H3. The molecule has 2 spiro atoms. The van der Waals surface area contributed by atoms with Crippen LogP contribution in [0.2, 0.25) is 0 Å². The predicted molar refractivity (Wildman–Crippen MR) is 114 cm³/mol. The Kier molecular flexibility index (Phi) is 4.28. The number of rotatable bonds is 2. The molecule has 0 amide bonds. The molecular formula is C26H40F2O3. The molecule has 0 aromatic heterocycles. The lowest BCUT2D eigenvalue weighted by Crippen LogP contribution is -2.54. The number of alkyl halides is 2. The average molecular weight is 439 g/mol. The zero-order valence-electron chi connectivity index (χ0n) is 19.4. The van der Waals surface area contributed by atoms with E-state index in [1.165, 1.54) is 0 Å². The largest absolute Gasteiger partial charge is 0.394 e. The van der Waals surface area contributed by atoms with Crippen molar-refractivity contribution in [2.75, 3.05) is 6.61 Å². The first kappa shape index (κ1) is 21.3. The average Bonchev–Trinajstić information content (AvgIpc) is 3.10. The Morgan fingerprint density at radius 1 is 0.903 bits per heavy atom. The van der Waals surface area contributed by atoms with Gasteiger partial charge >= 0.3 is 0 Å². The second-order valence-corrected chi connectivity index (χ2v) is 13.0. The van der Waals surface area contributed by atoms with Crippen molar-refractivity contribution in [3.63, 3.8) is 0 Å². The second kappa shape index (κ2) is 6.24. The monoisotopic (exact) mass is 438 g/mol. The molecule has 1 heterocycles. The second-order valence-electron chi connectivity index (χ2n) is 13.0. The fraction of sp³-hybridized carbons (Fsp3) is 1.00. The highest BCUT2D eigenvalue weighted by Gasteiger charge is 2.81. The van der Waals surface area contributed by atoms with Gasteiger partial charge in [0.05, 0.1) is 24.4 Å². The minimum atomic E-state index is -2.50. The molecule has 0 radical (unpaired) electrons. The van der Waals surface area contributed by atoms with E-state index in [0.717, 1.165) is 51.4 Å². The third-order valence-electron chi connectivity index (χ3n) is 12.2. The lowest BCUT2D eigenvalue weighted by Gasteiger charge is -2.58. The Morgan fingerprint density at radius 2 is 1.58 bits per heavy atom. The van der Waals surface area contributed by atoms with Crippen LogP contribution >= 0.6 is 0 Å². The topological polar surface area (TPSA) is 49.7 Å². The lowest BCUT2D eigenvalue weighted by molar-refractivity contribution is -0.172. The van der Waals surface area contributed by atoms with Crippen LogP contribution in [-0.2, 0) is 4.74 Å². The summed E-state index contributed by atoms with van der Waals surface area (Å²) in [5.74, 6) is -1.67. The normalized spacial score (nSPS) is 61.8. The molecule has 11 atom stereocenters. The van der Waals surface area contributed by atoms with Gasteiger partial charge in [0.15, 0.2) is 0 Å². The van der Waals surface area contributed by atoms with Gasteiger partial charge in [-0.15, -0.1) is 0 Å². The summed E-state index contributed by atoms with van der Waals surface area (Å²) < 4.78 is 35.5. The highest BCUT2D eigenvalue weighted by molar-refractivity contribution is 5.29. The fourth-order valence-corrected chi connectivity index (χ4v) is 10.9. The Hall–Kier alpha value is -0.260. The number of aliphatic hydroxyl groups excluding tert-OH is 2. The summed E-state index contributed by atoms with van der Waals surface area (Å²) >= 11 is 0. The fourth-order valence-electron chi connectivity index (χ4n) is 10.9. The van der Waals surface area contributed by atoms with Crippen LogP contribution in [-0.4, -0.2) is 40.6 Å². The number of halogens is 2. The molecule has 6 rings (SSSR count). The molecule has 5 heteroatoms. The predicted octanol–water partition coefficient (Wildman–Crippen LogP) is 5.18. The molecule has 6 aliphatic rings. The van der Waals surface area contributed by atoms with Gasteiger partial charge in [0, 0.05) is 18.3 Å². The minimum absolute atomic E-state index is 0.0370. The van der Waals surface area contributed by atoms with Gasteiger partial charge in [-0.3, -0.25) is 0 Å². The number of aliphatic hydroxyl groups is 2. The van der Waals surface area contributed by atoms with Gasteiger partial charge in [0.2, 0.25) is 0 Å². The lowest BCUT2D eigenvalue weighted by atomic mass is 9.47. The van der Waals surface area contributed by atoms with E-state index in [4.69, 9.17) is 4.74 Å². The van der Waals surface area contributed by atoms with Crippen molar-refractivity contribution < 1.29 is 23.7 Å². The first-order valence-corrected chi connectivity index (χ1v) is 12.9. The molecular weight excluding hydrogens is 398 g/mol. The molecule has 5 saturated carbocycles. The van der Waals surface area contributed by atoms with Crippen LogP contribution in [0, 0.1) is 45.8 Å². The molecule has 2 N–H and O–H groups in total. The minimum Gasteiger partial charge on any atom is -0.394 e. The molecule has 1 aliphatic heterocycles. The first-order chi connectivity index (χ1) is 14.5. The molecule has 1 saturated heterocycles. The first-order valence-electron chi connectivity index (χ1n) is 12.9. The van der Waals surface area contributed by atoms with Crippen LogP contribution in [0.3, 0.4) is 0 Å². The van der Waals surface area contributed by atoms with Crippen LogP contribution in [0.25, 0.3) is 0 Å². The van der Waals surface area contributed by atoms with Gasteiger partial charge in [0.1, 0.15) is 0 Å². The summed E-state index contributed by atoms with van der Waals surface area (Å²) in [6, 6.07) is 0. The Bertz CT molecular complexity index is 774. The maximum atomic E-state index is 14.6. The van der Waals surface area contributed by atoms with E-state index < -0.39 is 11.8 Å². The van der Waals surface area contributed by atoms with Crippen LogP contribution in [0.4, 0.5) is 8.78 Å². The van der Waals surface area contributed by atoms with Crippen molar-refractivity contribution in [1.29, 1.82) is 0 Å². The van der Waals surface area contributed by atoms with Gasteiger partial charge < -0.3 is 14.9 Å². The van der Waals surface area contributed by atoms with Crippen LogP contribution < -0.4 is 0 Å². The zero-order valence-corrected chi connectivity index (χ0v) is 19.4. The van der Waals surface area contributed by atoms with Crippen molar-refractivity contribution in [2.24, 2.45) is 45.8 Å². The third kappa shape index (κ3) is 2.45. The van der Waals surface area contributed by atoms with Crippen molar-refractivity contribution in [3.05, 3.63) is 0 Å². The third-order valence-corrected chi connectivity index (χ3v) is 12.2. The van der Waals surface area contributed by atoms with Crippen molar-refractivity contribution in [1.82, 2.24) is 0 Å². The van der Waals surface area contributed by atoms with E-state index in [2.05, 4.69) is 13.8 Å². The van der Waals surface area contributed by atoms with Crippen LogP contribution in [0.15, 0.2) is 0 Å². The van der Waals surface area contributed by atoms with E-state index in [-0.39, 0.29) is 58.9 Å². The maximum absolute atomic E-state index is 14.6. The number of fused-ring (bicyclic) bond motifs is 2. The SMILES string of the molecule is CC1C2CCC3C4CC(O)C(C5(C)CCC(CO)O5)C4(C)CCC34CC24CCC1(F)F. The van der Waals surface area contributed by atoms with Gasteiger partial charge in [-0.1, -0.05) is 13.8 Å². The quantitative estimate of drug-likeness (QED) is 0.624. The van der Waals surface area contributed by atoms with E-state index >= 15 is 0 Å². The number of hydrogen-bond acceptors (Lipinski definition) is 3. The summed E-state index contributed by atoms with van der Waals surface area (Å²) in [7, 11) is 0. The molecule has 31 heavy (non-hydrogen) atoms. The summed E-state index contributed by atoms with van der Waals surface area (Å²) in [5.41, 5.74) is 0.0671. The zero-order chi connectivity index (χ0) is 22.0. The number of ether oxygens (including phenoxy) is 1. The Balaban J connectivity index is 1.31. The van der Waals surface area contributed by atoms with Crippen molar-refractivity contribution in [2.45, 2.75) is 109 Å². The molecule has 6 fully saturated rings. The van der Waals surface area contributed by atoms with Crippen LogP contribution in [0.1, 0.15) is 85.0 Å². The summed E-state index contributed by atoms with van der Waals surface area (Å²) in [6.07, 6.45) is 8.28. The molecule has 11 unspecified atom stereocenters. The van der Waals surface area contributed by atoms with Gasteiger partial charge in [-0.25, -0.2) is 8.78 Å². The molecule has 0 aromatic carbocycles. The van der Waals surface area contributed by atoms with E-state index in [9.17, 15) is 19.0 Å². The number of hydrogen-bond donors (Lipinski definition) is 2. The highest BCUT2D eigenvalue weighted by Crippen LogP contribution is 2.86. The highest BCUT2D eigenvalue weighted by atomic mass is 19.3. The van der Waals surface area contributed by atoms with E-state index in [0.29, 0.717) is 18.3 Å². The molecule has 176 valence electrons. The Morgan fingerprint density at radius 3 is 2.29 bits per heavy atom. The van der Waals surface area contributed by atoms with E-state index in [1.54, 1.807) is 0 Å². The molecule has 3 nitrogen and oxygen atoms in total. The van der Waals surface area contributed by atoms with Gasteiger partial charge in [-0.05, 0) is 98.7 Å². The van der Waals surface area contributed by atoms with Crippen molar-refractivity contribution in [3.8, 4) is 0 Å². The van der Waals surface area contributed by atoms with Crippen molar-refractivity contribution >= 4 is 0 Å². The van der Waals surface area contributed by atoms with Gasteiger partial charge in [0.25, 0.3) is 5.92 Å². The summed E-state index contributed by atoms with van der Waals surface area (Å²) in [6.45, 7) is 6.42. The van der Waals surface area contributed by atoms with Crippen LogP contribution in [0.5, 0.6) is 0 Å². The summed E-state index contributed by atoms with van der Waals surface area (Å²) in [5, 5.41) is 21.0. The van der Waals surface area contributed by atoms with E-state index in [1.807, 2.05) is 6.92 Å². The molecule has 0 bridgehead atoms. The maximum Gasteiger partial charge on any atom is 0.250 e. The summed E-state index contributed by atoms with van der Waals surface area (Å²) in [4.78, 5) is 0. The Labute approximate surface area is 185 Å². The van der Waals surface area contributed by atoms with Gasteiger partial charge in [-0.2, -0.15) is 0 Å². The molecule has 5 aliphatic carbocycles.